The van der Waals surface area contributed by atoms with E-state index in [0.29, 0.717) is 10.8 Å². The normalized spacial score (nSPS) is 10.5. The topological polar surface area (TPSA) is 55.1 Å². The van der Waals surface area contributed by atoms with E-state index in [1.54, 1.807) is 30.5 Å². The summed E-state index contributed by atoms with van der Waals surface area (Å²) < 4.78 is 1.54. The summed E-state index contributed by atoms with van der Waals surface area (Å²) in [4.78, 5) is 15.3. The van der Waals surface area contributed by atoms with E-state index < -0.39 is 5.97 Å². The second kappa shape index (κ2) is 4.81. The monoisotopic (exact) mass is 268 g/mol. The standard InChI is InChI=1S/C11H9ClN2O2S/c1-17-9-5-4-8(11(15)16)14(9)10-7(12)3-2-6-13-10/h2-6H,1H3,(H,15,16). The van der Waals surface area contributed by atoms with Gasteiger partial charge in [-0.15, -0.1) is 11.8 Å². The Labute approximate surface area is 107 Å². The van der Waals surface area contributed by atoms with E-state index in [1.165, 1.54) is 16.3 Å². The lowest BCUT2D eigenvalue weighted by molar-refractivity contribution is 0.0687. The smallest absolute Gasteiger partial charge is 0.352 e. The van der Waals surface area contributed by atoms with E-state index in [9.17, 15) is 4.79 Å². The Bertz CT molecular complexity index is 568. The van der Waals surface area contributed by atoms with Gasteiger partial charge in [-0.05, 0) is 30.5 Å². The molecule has 6 heteroatoms. The van der Waals surface area contributed by atoms with Gasteiger partial charge in [0, 0.05) is 6.20 Å². The first-order chi connectivity index (χ1) is 8.15. The van der Waals surface area contributed by atoms with Gasteiger partial charge in [0.1, 0.15) is 5.69 Å². The Morgan fingerprint density at radius 2 is 2.24 bits per heavy atom. The summed E-state index contributed by atoms with van der Waals surface area (Å²) in [6.07, 6.45) is 3.45. The lowest BCUT2D eigenvalue weighted by atomic mass is 10.4. The molecule has 0 saturated heterocycles. The second-order valence-corrected chi connectivity index (χ2v) is 4.44. The van der Waals surface area contributed by atoms with Crippen LogP contribution in [0.3, 0.4) is 0 Å². The Morgan fingerprint density at radius 3 is 2.82 bits per heavy atom. The molecule has 2 heterocycles. The number of rotatable bonds is 3. The summed E-state index contributed by atoms with van der Waals surface area (Å²) in [5, 5.41) is 10.3. The van der Waals surface area contributed by atoms with Crippen LogP contribution in [0.2, 0.25) is 5.02 Å². The summed E-state index contributed by atoms with van der Waals surface area (Å²) in [6, 6.07) is 6.66. The minimum Gasteiger partial charge on any atom is -0.477 e. The molecule has 0 amide bonds. The predicted octanol–water partition coefficient (Wildman–Crippen LogP) is 2.95. The maximum absolute atomic E-state index is 11.1. The second-order valence-electron chi connectivity index (χ2n) is 3.21. The molecule has 17 heavy (non-hydrogen) atoms. The van der Waals surface area contributed by atoms with Crippen molar-refractivity contribution in [2.75, 3.05) is 6.26 Å². The highest BCUT2D eigenvalue weighted by atomic mass is 35.5. The number of carboxylic acid groups (broad SMARTS) is 1. The fourth-order valence-electron chi connectivity index (χ4n) is 1.50. The molecule has 0 aromatic carbocycles. The quantitative estimate of drug-likeness (QED) is 0.870. The Balaban J connectivity index is 2.69. The molecule has 0 bridgehead atoms. The van der Waals surface area contributed by atoms with Gasteiger partial charge in [-0.3, -0.25) is 4.57 Å². The highest BCUT2D eigenvalue weighted by Gasteiger charge is 2.17. The molecule has 0 atom stereocenters. The molecule has 0 aliphatic rings. The predicted molar refractivity (Wildman–Crippen MR) is 67.3 cm³/mol. The number of aromatic nitrogens is 2. The van der Waals surface area contributed by atoms with E-state index in [2.05, 4.69) is 4.98 Å². The minimum absolute atomic E-state index is 0.148. The lowest BCUT2D eigenvalue weighted by Gasteiger charge is -2.10. The van der Waals surface area contributed by atoms with Crippen LogP contribution in [0.5, 0.6) is 0 Å². The fraction of sp³-hybridized carbons (Fsp3) is 0.0909. The summed E-state index contributed by atoms with van der Waals surface area (Å²) in [6.45, 7) is 0. The number of aromatic carboxylic acids is 1. The van der Waals surface area contributed by atoms with Gasteiger partial charge >= 0.3 is 5.97 Å². The number of hydrogen-bond donors (Lipinski definition) is 1. The van der Waals surface area contributed by atoms with E-state index in [1.807, 2.05) is 6.26 Å². The maximum atomic E-state index is 11.1. The lowest BCUT2D eigenvalue weighted by Crippen LogP contribution is -2.09. The number of pyridine rings is 1. The van der Waals surface area contributed by atoms with E-state index >= 15 is 0 Å². The largest absolute Gasteiger partial charge is 0.477 e. The zero-order valence-corrected chi connectivity index (χ0v) is 10.5. The third-order valence-corrected chi connectivity index (χ3v) is 3.26. The molecule has 0 fully saturated rings. The molecule has 0 aliphatic heterocycles. The van der Waals surface area contributed by atoms with Crippen LogP contribution in [-0.2, 0) is 0 Å². The average Bonchev–Trinajstić information content (AvgIpc) is 2.73. The van der Waals surface area contributed by atoms with Gasteiger partial charge in [0.25, 0.3) is 0 Å². The highest BCUT2D eigenvalue weighted by molar-refractivity contribution is 7.98. The third-order valence-electron chi connectivity index (χ3n) is 2.22. The SMILES string of the molecule is CSc1ccc(C(=O)O)n1-c1ncccc1Cl. The molecular weight excluding hydrogens is 260 g/mol. The van der Waals surface area contributed by atoms with Crippen molar-refractivity contribution in [1.82, 2.24) is 9.55 Å². The molecule has 88 valence electrons. The first kappa shape index (κ1) is 12.0. The highest BCUT2D eigenvalue weighted by Crippen LogP contribution is 2.27. The van der Waals surface area contributed by atoms with Gasteiger partial charge in [0.2, 0.25) is 0 Å². The molecule has 2 aromatic heterocycles. The zero-order chi connectivity index (χ0) is 12.4. The van der Waals surface area contributed by atoms with E-state index in [4.69, 9.17) is 16.7 Å². The van der Waals surface area contributed by atoms with Gasteiger partial charge in [0.05, 0.1) is 10.0 Å². The third kappa shape index (κ3) is 2.16. The van der Waals surface area contributed by atoms with Crippen molar-refractivity contribution >= 4 is 29.3 Å². The minimum atomic E-state index is -1.01. The van der Waals surface area contributed by atoms with Crippen molar-refractivity contribution in [3.05, 3.63) is 41.2 Å². The first-order valence-corrected chi connectivity index (χ1v) is 6.35. The van der Waals surface area contributed by atoms with Gasteiger partial charge < -0.3 is 5.11 Å². The van der Waals surface area contributed by atoms with Crippen LogP contribution in [0.1, 0.15) is 10.5 Å². The van der Waals surface area contributed by atoms with Crippen LogP contribution in [0.15, 0.2) is 35.5 Å². The van der Waals surface area contributed by atoms with Gasteiger partial charge in [0.15, 0.2) is 5.82 Å². The molecule has 0 spiro atoms. The number of carboxylic acids is 1. The summed E-state index contributed by atoms with van der Waals surface area (Å²) in [5.74, 6) is -0.576. The fourth-order valence-corrected chi connectivity index (χ4v) is 2.28. The van der Waals surface area contributed by atoms with Crippen LogP contribution in [0, 0.1) is 0 Å². The molecule has 0 aliphatic carbocycles. The van der Waals surface area contributed by atoms with Crippen LogP contribution >= 0.6 is 23.4 Å². The molecule has 2 rings (SSSR count). The molecule has 2 aromatic rings. The molecule has 0 unspecified atom stereocenters. The van der Waals surface area contributed by atoms with E-state index in [-0.39, 0.29) is 5.69 Å². The van der Waals surface area contributed by atoms with Crippen LogP contribution in [0.4, 0.5) is 0 Å². The van der Waals surface area contributed by atoms with Crippen LogP contribution < -0.4 is 0 Å². The molecule has 0 saturated carbocycles. The summed E-state index contributed by atoms with van der Waals surface area (Å²) in [7, 11) is 0. The number of carbonyl (C=O) groups is 1. The van der Waals surface area contributed by atoms with Crippen LogP contribution in [-0.4, -0.2) is 26.9 Å². The number of thioether (sulfide) groups is 1. The number of hydrogen-bond acceptors (Lipinski definition) is 3. The average molecular weight is 269 g/mol. The van der Waals surface area contributed by atoms with Crippen LogP contribution in [0.25, 0.3) is 5.82 Å². The molecule has 1 N–H and O–H groups in total. The van der Waals surface area contributed by atoms with Crippen molar-refractivity contribution in [3.63, 3.8) is 0 Å². The van der Waals surface area contributed by atoms with Gasteiger partial charge in [-0.25, -0.2) is 9.78 Å². The van der Waals surface area contributed by atoms with Gasteiger partial charge in [-0.1, -0.05) is 11.6 Å². The van der Waals surface area contributed by atoms with Crippen molar-refractivity contribution in [3.8, 4) is 5.82 Å². The van der Waals surface area contributed by atoms with Crippen molar-refractivity contribution < 1.29 is 9.90 Å². The first-order valence-electron chi connectivity index (χ1n) is 4.75. The maximum Gasteiger partial charge on any atom is 0.352 e. The van der Waals surface area contributed by atoms with Crippen molar-refractivity contribution in [1.29, 1.82) is 0 Å². The van der Waals surface area contributed by atoms with Gasteiger partial charge in [-0.2, -0.15) is 0 Å². The zero-order valence-electron chi connectivity index (χ0n) is 8.92. The van der Waals surface area contributed by atoms with E-state index in [0.717, 1.165) is 5.03 Å². The summed E-state index contributed by atoms with van der Waals surface area (Å²) >= 11 is 7.47. The number of nitrogens with zero attached hydrogens (tertiary/aromatic N) is 2. The molecular formula is C11H9ClN2O2S. The molecule has 4 nitrogen and oxygen atoms in total. The Hall–Kier alpha value is -1.46. The van der Waals surface area contributed by atoms with Crippen molar-refractivity contribution in [2.24, 2.45) is 0 Å². The Morgan fingerprint density at radius 1 is 1.47 bits per heavy atom. The van der Waals surface area contributed by atoms with Crippen molar-refractivity contribution in [2.45, 2.75) is 5.03 Å². The Kier molecular flexibility index (Phi) is 3.40. The number of halogens is 1. The summed E-state index contributed by atoms with van der Waals surface area (Å²) in [5.41, 5.74) is 0.148. The molecule has 0 radical (unpaired) electrons.